The lowest BCUT2D eigenvalue weighted by Gasteiger charge is -2.11. The van der Waals surface area contributed by atoms with Gasteiger partial charge in [0.15, 0.2) is 0 Å². The van der Waals surface area contributed by atoms with Gasteiger partial charge in [-0.15, -0.1) is 0 Å². The average molecular weight is 298 g/mol. The van der Waals surface area contributed by atoms with Gasteiger partial charge in [-0.3, -0.25) is 4.79 Å². The summed E-state index contributed by atoms with van der Waals surface area (Å²) in [6.07, 6.45) is 3.08. The van der Waals surface area contributed by atoms with Crippen LogP contribution in [0.2, 0.25) is 0 Å². The van der Waals surface area contributed by atoms with Crippen molar-refractivity contribution in [3.05, 3.63) is 47.3 Å². The van der Waals surface area contributed by atoms with Crippen molar-refractivity contribution in [2.75, 3.05) is 11.9 Å². The van der Waals surface area contributed by atoms with E-state index in [0.717, 1.165) is 16.8 Å². The Labute approximate surface area is 131 Å². The second-order valence-electron chi connectivity index (χ2n) is 5.79. The number of aromatic nitrogens is 2. The smallest absolute Gasteiger partial charge is 0.254 e. The number of hydrogen-bond acceptors (Lipinski definition) is 4. The summed E-state index contributed by atoms with van der Waals surface area (Å²) in [5.41, 5.74) is 3.72. The van der Waals surface area contributed by atoms with E-state index in [1.54, 1.807) is 12.4 Å². The average Bonchev–Trinajstić information content (AvgIpc) is 2.49. The van der Waals surface area contributed by atoms with Crippen molar-refractivity contribution in [1.82, 2.24) is 15.3 Å². The minimum absolute atomic E-state index is 0.146. The third-order valence-corrected chi connectivity index (χ3v) is 3.30. The minimum Gasteiger partial charge on any atom is -0.352 e. The van der Waals surface area contributed by atoms with Crippen LogP contribution in [0.3, 0.4) is 0 Å². The zero-order chi connectivity index (χ0) is 16.1. The van der Waals surface area contributed by atoms with Crippen LogP contribution < -0.4 is 10.6 Å². The van der Waals surface area contributed by atoms with Crippen LogP contribution in [-0.2, 0) is 0 Å². The normalized spacial score (nSPS) is 10.6. The Morgan fingerprint density at radius 2 is 1.73 bits per heavy atom. The molecule has 116 valence electrons. The van der Waals surface area contributed by atoms with Crippen LogP contribution in [0.4, 0.5) is 11.6 Å². The molecule has 0 saturated heterocycles. The molecule has 5 heteroatoms. The standard InChI is InChI=1S/C17H22N4O/c1-11(2)8-18-16(22)14-9-19-17(20-10-14)21-15-12(3)6-5-7-13(15)4/h5-7,9-11H,8H2,1-4H3,(H,18,22)(H,19,20,21). The number of aryl methyl sites for hydroxylation is 2. The van der Waals surface area contributed by atoms with E-state index in [4.69, 9.17) is 0 Å². The maximum Gasteiger partial charge on any atom is 0.254 e. The lowest BCUT2D eigenvalue weighted by atomic mass is 10.1. The molecule has 0 radical (unpaired) electrons. The van der Waals surface area contributed by atoms with Crippen LogP contribution in [0.25, 0.3) is 0 Å². The number of anilines is 2. The number of carbonyl (C=O) groups is 1. The summed E-state index contributed by atoms with van der Waals surface area (Å²) >= 11 is 0. The summed E-state index contributed by atoms with van der Waals surface area (Å²) in [5.74, 6) is 0.750. The van der Waals surface area contributed by atoms with Gasteiger partial charge >= 0.3 is 0 Å². The highest BCUT2D eigenvalue weighted by molar-refractivity contribution is 5.93. The van der Waals surface area contributed by atoms with Crippen molar-refractivity contribution in [2.45, 2.75) is 27.7 Å². The fourth-order valence-electron chi connectivity index (χ4n) is 2.03. The quantitative estimate of drug-likeness (QED) is 0.889. The monoisotopic (exact) mass is 298 g/mol. The molecule has 22 heavy (non-hydrogen) atoms. The van der Waals surface area contributed by atoms with Crippen LogP contribution in [0, 0.1) is 19.8 Å². The predicted octanol–water partition coefficient (Wildman–Crippen LogP) is 3.22. The van der Waals surface area contributed by atoms with E-state index < -0.39 is 0 Å². The number of rotatable bonds is 5. The number of amides is 1. The summed E-state index contributed by atoms with van der Waals surface area (Å²) in [6, 6.07) is 6.07. The molecule has 1 heterocycles. The first-order valence-electron chi connectivity index (χ1n) is 7.41. The highest BCUT2D eigenvalue weighted by atomic mass is 16.1. The number of nitrogens with zero attached hydrogens (tertiary/aromatic N) is 2. The van der Waals surface area contributed by atoms with Crippen LogP contribution >= 0.6 is 0 Å². The first kappa shape index (κ1) is 15.9. The summed E-state index contributed by atoms with van der Waals surface area (Å²) in [5, 5.41) is 6.05. The highest BCUT2D eigenvalue weighted by Gasteiger charge is 2.09. The van der Waals surface area contributed by atoms with Gasteiger partial charge in [0.05, 0.1) is 5.56 Å². The molecule has 2 aromatic rings. The largest absolute Gasteiger partial charge is 0.352 e. The molecule has 0 atom stereocenters. The van der Waals surface area contributed by atoms with Gasteiger partial charge in [0.1, 0.15) is 0 Å². The van der Waals surface area contributed by atoms with E-state index in [9.17, 15) is 4.79 Å². The Kier molecular flexibility index (Phi) is 5.09. The number of para-hydroxylation sites is 1. The molecule has 2 rings (SSSR count). The van der Waals surface area contributed by atoms with Crippen molar-refractivity contribution >= 4 is 17.5 Å². The molecular formula is C17H22N4O. The van der Waals surface area contributed by atoms with Crippen molar-refractivity contribution in [2.24, 2.45) is 5.92 Å². The van der Waals surface area contributed by atoms with E-state index in [-0.39, 0.29) is 5.91 Å². The zero-order valence-electron chi connectivity index (χ0n) is 13.5. The number of carbonyl (C=O) groups excluding carboxylic acids is 1. The van der Waals surface area contributed by atoms with E-state index in [2.05, 4.69) is 20.6 Å². The van der Waals surface area contributed by atoms with Gasteiger partial charge in [-0.2, -0.15) is 0 Å². The Bertz CT molecular complexity index is 630. The first-order chi connectivity index (χ1) is 10.5. The molecule has 0 unspecified atom stereocenters. The molecule has 0 spiro atoms. The molecule has 2 N–H and O–H groups in total. The number of hydrogen-bond donors (Lipinski definition) is 2. The lowest BCUT2D eigenvalue weighted by Crippen LogP contribution is -2.27. The summed E-state index contributed by atoms with van der Waals surface area (Å²) in [7, 11) is 0. The maximum absolute atomic E-state index is 11.9. The maximum atomic E-state index is 11.9. The van der Waals surface area contributed by atoms with Gasteiger partial charge < -0.3 is 10.6 Å². The second kappa shape index (κ2) is 7.02. The fraction of sp³-hybridized carbons (Fsp3) is 0.353. The molecule has 0 bridgehead atoms. The molecule has 0 aliphatic rings. The molecule has 0 aliphatic heterocycles. The zero-order valence-corrected chi connectivity index (χ0v) is 13.5. The summed E-state index contributed by atoms with van der Waals surface area (Å²) in [4.78, 5) is 20.4. The van der Waals surface area contributed by atoms with Gasteiger partial charge in [0, 0.05) is 24.6 Å². The van der Waals surface area contributed by atoms with E-state index in [1.165, 1.54) is 0 Å². The Hall–Kier alpha value is -2.43. The topological polar surface area (TPSA) is 66.9 Å². The fourth-order valence-corrected chi connectivity index (χ4v) is 2.03. The molecule has 1 aromatic carbocycles. The molecule has 0 saturated carbocycles. The van der Waals surface area contributed by atoms with Crippen molar-refractivity contribution in [3.8, 4) is 0 Å². The lowest BCUT2D eigenvalue weighted by molar-refractivity contribution is 0.0948. The molecule has 1 aromatic heterocycles. The van der Waals surface area contributed by atoms with Gasteiger partial charge in [-0.05, 0) is 30.9 Å². The van der Waals surface area contributed by atoms with Crippen LogP contribution in [0.5, 0.6) is 0 Å². The van der Waals surface area contributed by atoms with Crippen molar-refractivity contribution in [3.63, 3.8) is 0 Å². The van der Waals surface area contributed by atoms with Gasteiger partial charge in [-0.25, -0.2) is 9.97 Å². The Balaban J connectivity index is 2.08. The molecular weight excluding hydrogens is 276 g/mol. The molecule has 1 amide bonds. The van der Waals surface area contributed by atoms with Gasteiger partial charge in [0.25, 0.3) is 5.91 Å². The van der Waals surface area contributed by atoms with Gasteiger partial charge in [0.2, 0.25) is 5.95 Å². The van der Waals surface area contributed by atoms with Crippen LogP contribution in [-0.4, -0.2) is 22.4 Å². The van der Waals surface area contributed by atoms with Crippen LogP contribution in [0.1, 0.15) is 35.3 Å². The molecule has 0 aliphatic carbocycles. The molecule has 5 nitrogen and oxygen atoms in total. The number of benzene rings is 1. The van der Waals surface area contributed by atoms with Crippen LogP contribution in [0.15, 0.2) is 30.6 Å². The van der Waals surface area contributed by atoms with E-state index in [1.807, 2.05) is 45.9 Å². The first-order valence-corrected chi connectivity index (χ1v) is 7.41. The summed E-state index contributed by atoms with van der Waals surface area (Å²) in [6.45, 7) is 8.80. The number of nitrogens with one attached hydrogen (secondary N) is 2. The third-order valence-electron chi connectivity index (χ3n) is 3.30. The van der Waals surface area contributed by atoms with Crippen molar-refractivity contribution in [1.29, 1.82) is 0 Å². The summed E-state index contributed by atoms with van der Waals surface area (Å²) < 4.78 is 0. The Morgan fingerprint density at radius 3 is 2.27 bits per heavy atom. The molecule has 0 fully saturated rings. The third kappa shape index (κ3) is 4.04. The minimum atomic E-state index is -0.146. The van der Waals surface area contributed by atoms with E-state index in [0.29, 0.717) is 24.0 Å². The SMILES string of the molecule is Cc1cccc(C)c1Nc1ncc(C(=O)NCC(C)C)cn1. The van der Waals surface area contributed by atoms with Crippen molar-refractivity contribution < 1.29 is 4.79 Å². The van der Waals surface area contributed by atoms with E-state index >= 15 is 0 Å². The van der Waals surface area contributed by atoms with Gasteiger partial charge in [-0.1, -0.05) is 32.0 Å². The Morgan fingerprint density at radius 1 is 1.14 bits per heavy atom. The second-order valence-corrected chi connectivity index (χ2v) is 5.79. The highest BCUT2D eigenvalue weighted by Crippen LogP contribution is 2.22. The predicted molar refractivity (Wildman–Crippen MR) is 88.4 cm³/mol.